The lowest BCUT2D eigenvalue weighted by Gasteiger charge is -2.13. The number of aromatic nitrogens is 2. The molecule has 4 rings (SSSR count). The number of nitrogens with zero attached hydrogens (tertiary/aromatic N) is 3. The molecule has 3 aromatic carbocycles. The number of aryl methyl sites for hydroxylation is 1. The zero-order chi connectivity index (χ0) is 28.0. The molecule has 0 unspecified atom stereocenters. The van der Waals surface area contributed by atoms with Gasteiger partial charge in [-0.2, -0.15) is 5.10 Å². The Morgan fingerprint density at radius 3 is 2.49 bits per heavy atom. The van der Waals surface area contributed by atoms with Crippen LogP contribution in [-0.2, 0) is 7.05 Å². The number of alkyl halides is 3. The Morgan fingerprint density at radius 2 is 1.77 bits per heavy atom. The highest BCUT2D eigenvalue weighted by molar-refractivity contribution is 7.96. The van der Waals surface area contributed by atoms with E-state index in [2.05, 4.69) is 38.1 Å². The number of carbonyl (C=O) groups is 1. The number of ether oxygens (including phenoxy) is 1. The molecule has 0 aliphatic rings. The smallest absolute Gasteiger partial charge is 0.406 e. The number of urea groups is 1. The highest BCUT2D eigenvalue weighted by Gasteiger charge is 2.30. The number of hydrogen-bond donors (Lipinski definition) is 2. The molecule has 11 heteroatoms. The van der Waals surface area contributed by atoms with Gasteiger partial charge in [-0.3, -0.25) is 9.40 Å². The summed E-state index contributed by atoms with van der Waals surface area (Å²) in [5.74, 6) is 0.000896. The highest BCUT2D eigenvalue weighted by Crippen LogP contribution is 2.25. The van der Waals surface area contributed by atoms with Crippen LogP contribution in [0.2, 0.25) is 0 Å². The van der Waals surface area contributed by atoms with Crippen LogP contribution in [0.3, 0.4) is 0 Å². The van der Waals surface area contributed by atoms with Gasteiger partial charge in [-0.1, -0.05) is 56.3 Å². The molecule has 1 aromatic heterocycles. The van der Waals surface area contributed by atoms with Crippen molar-refractivity contribution >= 4 is 53.1 Å². The van der Waals surface area contributed by atoms with Crippen LogP contribution < -0.4 is 14.8 Å². The maximum Gasteiger partial charge on any atom is 0.573 e. The lowest BCUT2D eigenvalue weighted by atomic mass is 10.0. The van der Waals surface area contributed by atoms with Gasteiger partial charge in [0.15, 0.2) is 0 Å². The molecule has 1 heterocycles. The summed E-state index contributed by atoms with van der Waals surface area (Å²) in [5.41, 5.74) is 4.91. The molecule has 0 saturated carbocycles. The Bertz CT molecular complexity index is 1510. The van der Waals surface area contributed by atoms with Crippen LogP contribution in [0.1, 0.15) is 42.1 Å². The minimum Gasteiger partial charge on any atom is -0.406 e. The molecule has 0 aliphatic heterocycles. The highest BCUT2D eigenvalue weighted by atomic mass is 32.2. The third-order valence-electron chi connectivity index (χ3n) is 5.68. The van der Waals surface area contributed by atoms with Crippen molar-refractivity contribution in [1.29, 1.82) is 0 Å². The lowest BCUT2D eigenvalue weighted by molar-refractivity contribution is -0.274. The van der Waals surface area contributed by atoms with E-state index in [0.717, 1.165) is 39.9 Å². The number of carbonyl (C=O) groups excluding carboxylic acids is 1. The first-order valence-electron chi connectivity index (χ1n) is 11.9. The molecule has 39 heavy (non-hydrogen) atoms. The van der Waals surface area contributed by atoms with E-state index in [0.29, 0.717) is 11.3 Å². The van der Waals surface area contributed by atoms with Crippen LogP contribution >= 0.6 is 12.1 Å². The van der Waals surface area contributed by atoms with Crippen molar-refractivity contribution in [2.45, 2.75) is 26.1 Å². The van der Waals surface area contributed by atoms with E-state index in [1.165, 1.54) is 24.3 Å². The van der Waals surface area contributed by atoms with Crippen molar-refractivity contribution in [1.82, 2.24) is 14.5 Å². The molecule has 0 bridgehead atoms. The predicted molar refractivity (Wildman–Crippen MR) is 151 cm³/mol. The summed E-state index contributed by atoms with van der Waals surface area (Å²) in [6, 6.07) is 18.6. The summed E-state index contributed by atoms with van der Waals surface area (Å²) in [6.45, 7) is 4.13. The van der Waals surface area contributed by atoms with Gasteiger partial charge in [0, 0.05) is 24.3 Å². The molecule has 0 radical (unpaired) electrons. The van der Waals surface area contributed by atoms with Crippen LogP contribution in [0, 0.1) is 0 Å². The molecule has 2 N–H and O–H groups in total. The van der Waals surface area contributed by atoms with Crippen LogP contribution in [0.25, 0.3) is 23.1 Å². The van der Waals surface area contributed by atoms with E-state index >= 15 is 0 Å². The van der Waals surface area contributed by atoms with Gasteiger partial charge in [-0.25, -0.2) is 9.19 Å². The SMILES string of the molecule is CC(C)c1ccccc1NC(=O)NS/N=C/c1ccc2c(/C=C/c3ccc(OC(F)(F)F)cc3)nn(C)c2c1. The van der Waals surface area contributed by atoms with Crippen molar-refractivity contribution in [3.05, 3.63) is 89.1 Å². The maximum atomic E-state index is 12.3. The van der Waals surface area contributed by atoms with E-state index in [4.69, 9.17) is 0 Å². The van der Waals surface area contributed by atoms with Crippen molar-refractivity contribution in [2.75, 3.05) is 5.32 Å². The molecule has 0 saturated heterocycles. The zero-order valence-corrected chi connectivity index (χ0v) is 22.2. The maximum absolute atomic E-state index is 12.3. The van der Waals surface area contributed by atoms with E-state index < -0.39 is 6.36 Å². The topological polar surface area (TPSA) is 80.5 Å². The number of halogens is 3. The largest absolute Gasteiger partial charge is 0.573 e. The van der Waals surface area contributed by atoms with Gasteiger partial charge in [0.05, 0.1) is 23.3 Å². The van der Waals surface area contributed by atoms with Crippen LogP contribution in [0.15, 0.2) is 71.1 Å². The first kappa shape index (κ1) is 27.8. The molecule has 0 aliphatic carbocycles. The van der Waals surface area contributed by atoms with Crippen molar-refractivity contribution in [3.8, 4) is 5.75 Å². The lowest BCUT2D eigenvalue weighted by Crippen LogP contribution is -2.23. The molecule has 4 aromatic rings. The Hall–Kier alpha value is -4.25. The zero-order valence-electron chi connectivity index (χ0n) is 21.4. The number of nitrogens with one attached hydrogen (secondary N) is 2. The van der Waals surface area contributed by atoms with E-state index in [1.54, 1.807) is 23.0 Å². The number of amides is 2. The Balaban J connectivity index is 1.37. The minimum absolute atomic E-state index is 0.275. The molecule has 2 amide bonds. The van der Waals surface area contributed by atoms with Gasteiger partial charge in [0.2, 0.25) is 0 Å². The summed E-state index contributed by atoms with van der Waals surface area (Å²) in [7, 11) is 1.82. The van der Waals surface area contributed by atoms with Gasteiger partial charge in [0.25, 0.3) is 0 Å². The number of para-hydroxylation sites is 1. The fourth-order valence-electron chi connectivity index (χ4n) is 3.88. The number of hydrogen-bond acceptors (Lipinski definition) is 5. The van der Waals surface area contributed by atoms with Crippen LogP contribution in [0.5, 0.6) is 5.75 Å². The second-order valence-corrected chi connectivity index (χ2v) is 9.46. The Kier molecular flexibility index (Phi) is 8.60. The normalized spacial score (nSPS) is 12.1. The Morgan fingerprint density at radius 1 is 1.05 bits per heavy atom. The summed E-state index contributed by atoms with van der Waals surface area (Å²) >= 11 is 0.917. The summed E-state index contributed by atoms with van der Waals surface area (Å²) in [5, 5.41) is 8.28. The first-order valence-corrected chi connectivity index (χ1v) is 12.7. The second kappa shape index (κ2) is 12.1. The number of benzene rings is 3. The quantitative estimate of drug-likeness (QED) is 0.174. The number of rotatable bonds is 8. The third kappa shape index (κ3) is 7.64. The van der Waals surface area contributed by atoms with E-state index in [1.807, 2.05) is 49.5 Å². The van der Waals surface area contributed by atoms with Gasteiger partial charge in [0.1, 0.15) is 5.75 Å². The van der Waals surface area contributed by atoms with Gasteiger partial charge in [-0.15, -0.1) is 13.2 Å². The molecule has 7 nitrogen and oxygen atoms in total. The van der Waals surface area contributed by atoms with Gasteiger partial charge in [-0.05, 0) is 59.0 Å². The average Bonchev–Trinajstić information content (AvgIpc) is 3.20. The average molecular weight is 554 g/mol. The Labute approximate surface area is 228 Å². The van der Waals surface area contributed by atoms with Crippen LogP contribution in [0.4, 0.5) is 23.7 Å². The molecule has 0 fully saturated rings. The van der Waals surface area contributed by atoms with Crippen LogP contribution in [-0.4, -0.2) is 28.4 Å². The van der Waals surface area contributed by atoms with E-state index in [9.17, 15) is 18.0 Å². The van der Waals surface area contributed by atoms with Crippen molar-refractivity contribution in [3.63, 3.8) is 0 Å². The van der Waals surface area contributed by atoms with Crippen molar-refractivity contribution in [2.24, 2.45) is 11.4 Å². The third-order valence-corrected chi connectivity index (χ3v) is 6.16. The van der Waals surface area contributed by atoms with E-state index in [-0.39, 0.29) is 17.7 Å². The summed E-state index contributed by atoms with van der Waals surface area (Å²) in [4.78, 5) is 12.3. The van der Waals surface area contributed by atoms with Crippen molar-refractivity contribution < 1.29 is 22.7 Å². The number of fused-ring (bicyclic) bond motifs is 1. The van der Waals surface area contributed by atoms with Gasteiger partial charge < -0.3 is 10.1 Å². The monoisotopic (exact) mass is 553 g/mol. The number of anilines is 1. The fraction of sp³-hybridized carbons (Fsp3) is 0.179. The second-order valence-electron chi connectivity index (χ2n) is 8.86. The molecular formula is C28H26F3N5O2S. The molecule has 0 atom stereocenters. The molecular weight excluding hydrogens is 527 g/mol. The molecule has 202 valence electrons. The molecule has 0 spiro atoms. The summed E-state index contributed by atoms with van der Waals surface area (Å²) < 4.78 is 49.5. The summed E-state index contributed by atoms with van der Waals surface area (Å²) in [6.07, 6.45) is 0.476. The minimum atomic E-state index is -4.72. The fourth-order valence-corrected chi connectivity index (χ4v) is 4.24. The van der Waals surface area contributed by atoms with Gasteiger partial charge >= 0.3 is 12.4 Å². The first-order chi connectivity index (χ1) is 18.6. The predicted octanol–water partition coefficient (Wildman–Crippen LogP) is 7.57. The standard InChI is InChI=1S/C28H26F3N5O2S/c1-18(2)22-6-4-5-7-24(22)33-27(37)35-39-32-17-20-10-14-23-25(34-36(3)26(23)16-20)15-11-19-8-12-21(13-9-19)38-28(29,30)31/h4-18H,1-3H3,(H2,33,35,37)/b15-11+,32-17+.